The van der Waals surface area contributed by atoms with Gasteiger partial charge in [0, 0.05) is 36.1 Å². The molecule has 0 saturated carbocycles. The molecular weight excluding hydrogens is 415 g/mol. The Hall–Kier alpha value is -1.44. The Bertz CT molecular complexity index is 765. The van der Waals surface area contributed by atoms with Gasteiger partial charge in [0.2, 0.25) is 0 Å². The van der Waals surface area contributed by atoms with Gasteiger partial charge in [0.25, 0.3) is 0 Å². The van der Waals surface area contributed by atoms with Crippen LogP contribution >= 0.6 is 35.0 Å². The number of hydrogen-bond acceptors (Lipinski definition) is 4. The quantitative estimate of drug-likeness (QED) is 0.327. The molecule has 0 fully saturated rings. The van der Waals surface area contributed by atoms with Gasteiger partial charge in [-0.1, -0.05) is 36.2 Å². The van der Waals surface area contributed by atoms with Crippen LogP contribution in [0, 0.1) is 0 Å². The van der Waals surface area contributed by atoms with E-state index >= 15 is 0 Å². The molecule has 0 aliphatic carbocycles. The molecule has 1 aromatic carbocycles. The topological polar surface area (TPSA) is 67.1 Å². The van der Waals surface area contributed by atoms with E-state index in [9.17, 15) is 0 Å². The van der Waals surface area contributed by atoms with Crippen LogP contribution in [0.25, 0.3) is 0 Å². The Morgan fingerprint density at radius 1 is 1.36 bits per heavy atom. The highest BCUT2D eigenvalue weighted by molar-refractivity contribution is 7.98. The molecule has 1 aromatic heterocycles. The van der Waals surface area contributed by atoms with Crippen LogP contribution in [0.15, 0.2) is 29.5 Å². The Kier molecular flexibility index (Phi) is 9.95. The van der Waals surface area contributed by atoms with Crippen LogP contribution in [0.2, 0.25) is 10.0 Å². The van der Waals surface area contributed by atoms with Crippen molar-refractivity contribution in [3.05, 3.63) is 46.0 Å². The summed E-state index contributed by atoms with van der Waals surface area (Å²) in [5.41, 5.74) is 0.983. The molecule has 0 aliphatic heterocycles. The van der Waals surface area contributed by atoms with Gasteiger partial charge < -0.3 is 15.2 Å². The summed E-state index contributed by atoms with van der Waals surface area (Å²) < 4.78 is 2.05. The number of halogens is 2. The molecule has 2 aromatic rings. The first-order chi connectivity index (χ1) is 13.5. The fourth-order valence-corrected chi connectivity index (χ4v) is 3.71. The van der Waals surface area contributed by atoms with Crippen molar-refractivity contribution in [2.75, 3.05) is 25.1 Å². The van der Waals surface area contributed by atoms with Crippen LogP contribution in [0.5, 0.6) is 0 Å². The molecule has 0 saturated heterocycles. The highest BCUT2D eigenvalue weighted by atomic mass is 35.5. The maximum absolute atomic E-state index is 6.35. The first-order valence-corrected chi connectivity index (χ1v) is 11.6. The number of benzene rings is 1. The molecule has 6 nitrogen and oxygen atoms in total. The van der Waals surface area contributed by atoms with Crippen molar-refractivity contribution in [3.8, 4) is 0 Å². The number of aromatic nitrogens is 3. The summed E-state index contributed by atoms with van der Waals surface area (Å²) in [5, 5.41) is 16.2. The summed E-state index contributed by atoms with van der Waals surface area (Å²) in [4.78, 5) is 4.71. The molecule has 1 unspecified atom stereocenters. The molecule has 28 heavy (non-hydrogen) atoms. The van der Waals surface area contributed by atoms with Gasteiger partial charge >= 0.3 is 0 Å². The minimum Gasteiger partial charge on any atom is -0.355 e. The van der Waals surface area contributed by atoms with Gasteiger partial charge in [-0.2, -0.15) is 11.8 Å². The molecule has 0 radical (unpaired) electrons. The average molecular weight is 443 g/mol. The number of aliphatic imine (C=N–C) groups is 1. The molecule has 1 heterocycles. The van der Waals surface area contributed by atoms with E-state index in [-0.39, 0.29) is 6.04 Å². The fourth-order valence-electron chi connectivity index (χ4n) is 2.72. The SMILES string of the molecule is CCc1nncn1CCNC(=NCCCSC)NC(C)c1ccc(Cl)cc1Cl. The Labute approximate surface area is 181 Å². The van der Waals surface area contributed by atoms with Crippen molar-refractivity contribution < 1.29 is 0 Å². The normalized spacial score (nSPS) is 12.8. The van der Waals surface area contributed by atoms with Gasteiger partial charge in [-0.3, -0.25) is 4.99 Å². The molecule has 2 N–H and O–H groups in total. The standard InChI is InChI=1S/C19H28Cl2N6S/c1-4-18-26-24-13-27(18)10-9-23-19(22-8-5-11-28-3)25-14(2)16-7-6-15(20)12-17(16)21/h6-7,12-14H,4-5,8-11H2,1-3H3,(H2,22,23,25). The minimum atomic E-state index is -0.00215. The molecular formula is C19H28Cl2N6S. The van der Waals surface area contributed by atoms with Crippen LogP contribution in [0.3, 0.4) is 0 Å². The van der Waals surface area contributed by atoms with E-state index in [2.05, 4.69) is 45.5 Å². The molecule has 0 bridgehead atoms. The summed E-state index contributed by atoms with van der Waals surface area (Å²) in [6.07, 6.45) is 5.77. The van der Waals surface area contributed by atoms with Crippen molar-refractivity contribution >= 4 is 40.9 Å². The van der Waals surface area contributed by atoms with Crippen LogP contribution < -0.4 is 10.6 Å². The summed E-state index contributed by atoms with van der Waals surface area (Å²) >= 11 is 14.2. The first-order valence-electron chi connectivity index (χ1n) is 9.40. The Morgan fingerprint density at radius 2 is 2.18 bits per heavy atom. The third-order valence-electron chi connectivity index (χ3n) is 4.22. The number of nitrogens with zero attached hydrogens (tertiary/aromatic N) is 4. The van der Waals surface area contributed by atoms with E-state index in [1.54, 1.807) is 12.4 Å². The van der Waals surface area contributed by atoms with Crippen molar-refractivity contribution in [2.24, 2.45) is 4.99 Å². The van der Waals surface area contributed by atoms with Gasteiger partial charge in [-0.25, -0.2) is 0 Å². The summed E-state index contributed by atoms with van der Waals surface area (Å²) in [6.45, 7) is 6.40. The zero-order valence-electron chi connectivity index (χ0n) is 16.6. The van der Waals surface area contributed by atoms with Crippen molar-refractivity contribution in [2.45, 2.75) is 39.3 Å². The maximum Gasteiger partial charge on any atom is 0.191 e. The lowest BCUT2D eigenvalue weighted by molar-refractivity contribution is 0.619. The smallest absolute Gasteiger partial charge is 0.191 e. The van der Waals surface area contributed by atoms with Crippen LogP contribution in [-0.2, 0) is 13.0 Å². The second-order valence-electron chi connectivity index (χ2n) is 6.33. The highest BCUT2D eigenvalue weighted by Gasteiger charge is 2.12. The predicted octanol–water partition coefficient (Wildman–Crippen LogP) is 4.20. The molecule has 1 atom stereocenters. The molecule has 154 valence electrons. The largest absolute Gasteiger partial charge is 0.355 e. The third kappa shape index (κ3) is 7.18. The lowest BCUT2D eigenvalue weighted by Crippen LogP contribution is -2.40. The van der Waals surface area contributed by atoms with Crippen molar-refractivity contribution in [1.82, 2.24) is 25.4 Å². The molecule has 0 spiro atoms. The van der Waals surface area contributed by atoms with Crippen molar-refractivity contribution in [3.63, 3.8) is 0 Å². The highest BCUT2D eigenvalue weighted by Crippen LogP contribution is 2.25. The van der Waals surface area contributed by atoms with Crippen LogP contribution in [0.4, 0.5) is 0 Å². The second-order valence-corrected chi connectivity index (χ2v) is 8.16. The van der Waals surface area contributed by atoms with Gasteiger partial charge in [-0.05, 0) is 43.0 Å². The number of rotatable bonds is 10. The van der Waals surface area contributed by atoms with Crippen LogP contribution in [-0.4, -0.2) is 45.8 Å². The fraction of sp³-hybridized carbons (Fsp3) is 0.526. The molecule has 2 rings (SSSR count). The molecule has 0 amide bonds. The van der Waals surface area contributed by atoms with Gasteiger partial charge in [0.1, 0.15) is 12.2 Å². The van der Waals surface area contributed by atoms with Gasteiger partial charge in [0.05, 0.1) is 6.04 Å². The second kappa shape index (κ2) is 12.2. The Balaban J connectivity index is 1.99. The molecule has 9 heteroatoms. The lowest BCUT2D eigenvalue weighted by atomic mass is 10.1. The number of hydrogen-bond donors (Lipinski definition) is 2. The van der Waals surface area contributed by atoms with E-state index in [0.717, 1.165) is 55.6 Å². The monoisotopic (exact) mass is 442 g/mol. The summed E-state index contributed by atoms with van der Waals surface area (Å²) in [5.74, 6) is 2.84. The van der Waals surface area contributed by atoms with E-state index < -0.39 is 0 Å². The molecule has 0 aliphatic rings. The Morgan fingerprint density at radius 3 is 2.89 bits per heavy atom. The van der Waals surface area contributed by atoms with E-state index in [4.69, 9.17) is 28.2 Å². The maximum atomic E-state index is 6.35. The zero-order valence-corrected chi connectivity index (χ0v) is 18.9. The summed E-state index contributed by atoms with van der Waals surface area (Å²) in [7, 11) is 0. The predicted molar refractivity (Wildman–Crippen MR) is 121 cm³/mol. The van der Waals surface area contributed by atoms with E-state index in [1.165, 1.54) is 0 Å². The van der Waals surface area contributed by atoms with E-state index in [0.29, 0.717) is 10.0 Å². The zero-order chi connectivity index (χ0) is 20.4. The number of thioether (sulfide) groups is 1. The lowest BCUT2D eigenvalue weighted by Gasteiger charge is -2.20. The summed E-state index contributed by atoms with van der Waals surface area (Å²) in [6, 6.07) is 5.55. The average Bonchev–Trinajstić information content (AvgIpc) is 3.12. The third-order valence-corrected chi connectivity index (χ3v) is 5.48. The number of nitrogens with one attached hydrogen (secondary N) is 2. The van der Waals surface area contributed by atoms with Crippen LogP contribution in [0.1, 0.15) is 37.7 Å². The van der Waals surface area contributed by atoms with E-state index in [1.807, 2.05) is 23.9 Å². The number of guanidine groups is 1. The minimum absolute atomic E-state index is 0.00215. The number of aryl methyl sites for hydroxylation is 1. The van der Waals surface area contributed by atoms with Crippen molar-refractivity contribution in [1.29, 1.82) is 0 Å². The van der Waals surface area contributed by atoms with Gasteiger partial charge in [-0.15, -0.1) is 10.2 Å². The first kappa shape index (κ1) is 22.8. The van der Waals surface area contributed by atoms with Gasteiger partial charge in [0.15, 0.2) is 5.96 Å².